The van der Waals surface area contributed by atoms with E-state index in [0.717, 1.165) is 21.0 Å². The molecule has 1 N–H and O–H groups in total. The van der Waals surface area contributed by atoms with E-state index < -0.39 is 6.10 Å². The summed E-state index contributed by atoms with van der Waals surface area (Å²) < 4.78 is 6.63. The Balaban J connectivity index is 2.07. The summed E-state index contributed by atoms with van der Waals surface area (Å²) in [4.78, 5) is 0. The van der Waals surface area contributed by atoms with E-state index in [-0.39, 0.29) is 0 Å². The molecular formula is C16H12BrClO2. The van der Waals surface area contributed by atoms with Crippen LogP contribution < -0.4 is 0 Å². The van der Waals surface area contributed by atoms with Crippen molar-refractivity contribution in [1.29, 1.82) is 0 Å². The molecule has 0 fully saturated rings. The standard InChI is InChI=1S/C16H12BrClO2/c1-9-5-11(7-12(17)6-9)15(19)14-8-10-3-2-4-13(18)16(10)20-14/h2-8,15,19H,1H3. The summed E-state index contributed by atoms with van der Waals surface area (Å²) in [6.45, 7) is 1.98. The molecule has 0 amide bonds. The second-order valence-electron chi connectivity index (χ2n) is 4.77. The number of hydrogen-bond acceptors (Lipinski definition) is 2. The van der Waals surface area contributed by atoms with Crippen LogP contribution in [0.3, 0.4) is 0 Å². The first-order chi connectivity index (χ1) is 9.54. The molecule has 0 aliphatic rings. The molecule has 1 aromatic heterocycles. The van der Waals surface area contributed by atoms with E-state index in [1.165, 1.54) is 0 Å². The number of furan rings is 1. The van der Waals surface area contributed by atoms with Crippen molar-refractivity contribution in [2.45, 2.75) is 13.0 Å². The van der Waals surface area contributed by atoms with Crippen LogP contribution >= 0.6 is 27.5 Å². The summed E-state index contributed by atoms with van der Waals surface area (Å²) in [7, 11) is 0. The molecule has 1 unspecified atom stereocenters. The molecule has 0 bridgehead atoms. The van der Waals surface area contributed by atoms with Crippen LogP contribution in [0.4, 0.5) is 0 Å². The van der Waals surface area contributed by atoms with Crippen LogP contribution in [0.25, 0.3) is 11.0 Å². The summed E-state index contributed by atoms with van der Waals surface area (Å²) in [6.07, 6.45) is -0.810. The zero-order valence-electron chi connectivity index (χ0n) is 10.7. The van der Waals surface area contributed by atoms with E-state index in [1.807, 2.05) is 43.3 Å². The number of fused-ring (bicyclic) bond motifs is 1. The number of aliphatic hydroxyl groups is 1. The molecular weight excluding hydrogens is 340 g/mol. The third kappa shape index (κ3) is 2.49. The van der Waals surface area contributed by atoms with Crippen molar-refractivity contribution in [2.75, 3.05) is 0 Å². The van der Waals surface area contributed by atoms with Gasteiger partial charge in [-0.1, -0.05) is 45.7 Å². The number of aryl methyl sites for hydroxylation is 1. The highest BCUT2D eigenvalue weighted by Gasteiger charge is 2.17. The Labute approximate surface area is 130 Å². The first-order valence-electron chi connectivity index (χ1n) is 6.18. The number of rotatable bonds is 2. The van der Waals surface area contributed by atoms with Crippen molar-refractivity contribution in [2.24, 2.45) is 0 Å². The normalized spacial score (nSPS) is 12.8. The Kier molecular flexibility index (Phi) is 3.59. The molecule has 4 heteroatoms. The number of halogens is 2. The summed E-state index contributed by atoms with van der Waals surface area (Å²) in [5.41, 5.74) is 2.46. The number of benzene rings is 2. The van der Waals surface area contributed by atoms with Crippen molar-refractivity contribution >= 4 is 38.5 Å². The number of para-hydroxylation sites is 1. The van der Waals surface area contributed by atoms with Gasteiger partial charge in [0.15, 0.2) is 5.58 Å². The first kappa shape index (κ1) is 13.7. The summed E-state index contributed by atoms with van der Waals surface area (Å²) in [5.74, 6) is 0.491. The van der Waals surface area contributed by atoms with Gasteiger partial charge in [-0.05, 0) is 42.3 Å². The lowest BCUT2D eigenvalue weighted by Gasteiger charge is -2.09. The van der Waals surface area contributed by atoms with Crippen molar-refractivity contribution in [3.8, 4) is 0 Å². The van der Waals surface area contributed by atoms with Crippen LogP contribution in [0.1, 0.15) is 23.0 Å². The SMILES string of the molecule is Cc1cc(Br)cc(C(O)c2cc3cccc(Cl)c3o2)c1. The smallest absolute Gasteiger partial charge is 0.153 e. The van der Waals surface area contributed by atoms with E-state index in [4.69, 9.17) is 16.0 Å². The lowest BCUT2D eigenvalue weighted by atomic mass is 10.0. The minimum absolute atomic E-state index is 0.491. The lowest BCUT2D eigenvalue weighted by molar-refractivity contribution is 0.192. The lowest BCUT2D eigenvalue weighted by Crippen LogP contribution is -1.98. The van der Waals surface area contributed by atoms with E-state index in [9.17, 15) is 5.11 Å². The van der Waals surface area contributed by atoms with E-state index in [0.29, 0.717) is 16.4 Å². The van der Waals surface area contributed by atoms with Crippen molar-refractivity contribution in [3.05, 3.63) is 68.8 Å². The van der Waals surface area contributed by atoms with Crippen molar-refractivity contribution in [3.63, 3.8) is 0 Å². The van der Waals surface area contributed by atoms with Gasteiger partial charge in [-0.25, -0.2) is 0 Å². The maximum atomic E-state index is 10.5. The van der Waals surface area contributed by atoms with Gasteiger partial charge in [0.05, 0.1) is 5.02 Å². The van der Waals surface area contributed by atoms with Gasteiger partial charge in [0.2, 0.25) is 0 Å². The topological polar surface area (TPSA) is 33.4 Å². The zero-order chi connectivity index (χ0) is 14.3. The van der Waals surface area contributed by atoms with Gasteiger partial charge in [0.25, 0.3) is 0 Å². The maximum Gasteiger partial charge on any atom is 0.153 e. The van der Waals surface area contributed by atoms with Gasteiger partial charge in [-0.2, -0.15) is 0 Å². The average molecular weight is 352 g/mol. The van der Waals surface area contributed by atoms with Gasteiger partial charge < -0.3 is 9.52 Å². The molecule has 2 aromatic carbocycles. The molecule has 0 radical (unpaired) electrons. The molecule has 1 atom stereocenters. The monoisotopic (exact) mass is 350 g/mol. The minimum Gasteiger partial charge on any atom is -0.456 e. The third-order valence-corrected chi connectivity index (χ3v) is 3.92. The zero-order valence-corrected chi connectivity index (χ0v) is 13.1. The summed E-state index contributed by atoms with van der Waals surface area (Å²) in [6, 6.07) is 13.2. The molecule has 3 rings (SSSR count). The fourth-order valence-corrected chi connectivity index (χ4v) is 3.11. The van der Waals surface area contributed by atoms with E-state index >= 15 is 0 Å². The number of hydrogen-bond donors (Lipinski definition) is 1. The van der Waals surface area contributed by atoms with Crippen LogP contribution in [0, 0.1) is 6.92 Å². The second kappa shape index (κ2) is 5.24. The minimum atomic E-state index is -0.810. The van der Waals surface area contributed by atoms with Gasteiger partial charge in [0, 0.05) is 9.86 Å². The molecule has 0 saturated heterocycles. The molecule has 2 nitrogen and oxygen atoms in total. The summed E-state index contributed by atoms with van der Waals surface area (Å²) in [5, 5.41) is 11.9. The van der Waals surface area contributed by atoms with E-state index in [1.54, 1.807) is 6.07 Å². The summed E-state index contributed by atoms with van der Waals surface area (Å²) >= 11 is 9.53. The highest BCUT2D eigenvalue weighted by atomic mass is 79.9. The Bertz CT molecular complexity index is 759. The van der Waals surface area contributed by atoms with Gasteiger partial charge >= 0.3 is 0 Å². The van der Waals surface area contributed by atoms with E-state index in [2.05, 4.69) is 15.9 Å². The van der Waals surface area contributed by atoms with Crippen LogP contribution in [-0.2, 0) is 0 Å². The third-order valence-electron chi connectivity index (χ3n) is 3.16. The Morgan fingerprint density at radius 2 is 2.00 bits per heavy atom. The van der Waals surface area contributed by atoms with Crippen LogP contribution in [0.15, 0.2) is 51.4 Å². The Hall–Kier alpha value is -1.29. The van der Waals surface area contributed by atoms with Crippen molar-refractivity contribution in [1.82, 2.24) is 0 Å². The Morgan fingerprint density at radius 1 is 1.20 bits per heavy atom. The molecule has 0 aliphatic heterocycles. The quantitative estimate of drug-likeness (QED) is 0.685. The molecule has 0 aliphatic carbocycles. The van der Waals surface area contributed by atoms with Crippen LogP contribution in [0.5, 0.6) is 0 Å². The Morgan fingerprint density at radius 3 is 2.70 bits per heavy atom. The predicted molar refractivity (Wildman–Crippen MR) is 84.2 cm³/mol. The second-order valence-corrected chi connectivity index (χ2v) is 6.09. The molecule has 3 aromatic rings. The van der Waals surface area contributed by atoms with Gasteiger partial charge in [0.1, 0.15) is 11.9 Å². The predicted octanol–water partition coefficient (Wildman–Crippen LogP) is 5.24. The number of aliphatic hydroxyl groups excluding tert-OH is 1. The maximum absolute atomic E-state index is 10.5. The molecule has 1 heterocycles. The highest BCUT2D eigenvalue weighted by molar-refractivity contribution is 9.10. The molecule has 102 valence electrons. The fraction of sp³-hybridized carbons (Fsp3) is 0.125. The highest BCUT2D eigenvalue weighted by Crippen LogP contribution is 2.32. The van der Waals surface area contributed by atoms with Crippen LogP contribution in [-0.4, -0.2) is 5.11 Å². The fourth-order valence-electron chi connectivity index (χ4n) is 2.27. The van der Waals surface area contributed by atoms with Crippen molar-refractivity contribution < 1.29 is 9.52 Å². The average Bonchev–Trinajstić information content (AvgIpc) is 2.82. The molecule has 0 saturated carbocycles. The van der Waals surface area contributed by atoms with Crippen LogP contribution in [0.2, 0.25) is 5.02 Å². The molecule has 0 spiro atoms. The van der Waals surface area contributed by atoms with Gasteiger partial charge in [-0.15, -0.1) is 0 Å². The van der Waals surface area contributed by atoms with Gasteiger partial charge in [-0.3, -0.25) is 0 Å². The first-order valence-corrected chi connectivity index (χ1v) is 7.35. The molecule has 20 heavy (non-hydrogen) atoms. The largest absolute Gasteiger partial charge is 0.456 e.